The summed E-state index contributed by atoms with van der Waals surface area (Å²) in [6.07, 6.45) is 2.09. The van der Waals surface area contributed by atoms with Crippen molar-refractivity contribution in [1.29, 1.82) is 0 Å². The number of rotatable bonds is 8. The van der Waals surface area contributed by atoms with E-state index in [9.17, 15) is 9.59 Å². The molecule has 25 heavy (non-hydrogen) atoms. The van der Waals surface area contributed by atoms with Crippen molar-refractivity contribution in [2.24, 2.45) is 0 Å². The fraction of sp³-hybridized carbons (Fsp3) is 0.444. The van der Waals surface area contributed by atoms with Crippen LogP contribution in [0.15, 0.2) is 30.3 Å². The van der Waals surface area contributed by atoms with Crippen LogP contribution in [0.25, 0.3) is 5.70 Å². The lowest BCUT2D eigenvalue weighted by Gasteiger charge is -2.29. The Morgan fingerprint density at radius 3 is 2.60 bits per heavy atom. The highest BCUT2D eigenvalue weighted by molar-refractivity contribution is 6.30. The first-order chi connectivity index (χ1) is 12.0. The summed E-state index contributed by atoms with van der Waals surface area (Å²) in [5, 5.41) is 4.90. The third-order valence-electron chi connectivity index (χ3n) is 4.29. The first-order valence-corrected chi connectivity index (χ1v) is 9.04. The molecule has 3 N–H and O–H groups in total. The third-order valence-corrected chi connectivity index (χ3v) is 4.55. The predicted octanol–water partition coefficient (Wildman–Crippen LogP) is 0.459. The molecule has 0 radical (unpaired) electrons. The number of nitrogens with zero attached hydrogens (tertiary/aromatic N) is 1. The second-order valence-corrected chi connectivity index (χ2v) is 6.41. The molecule has 0 saturated heterocycles. The van der Waals surface area contributed by atoms with E-state index in [1.165, 1.54) is 9.91 Å². The largest absolute Gasteiger partial charge is 0.349 e. The summed E-state index contributed by atoms with van der Waals surface area (Å²) in [6.45, 7) is 7.82. The number of amides is 2. The van der Waals surface area contributed by atoms with Crippen LogP contribution in [0.5, 0.6) is 0 Å². The molecule has 2 rings (SSSR count). The molecule has 6 nitrogen and oxygen atoms in total. The normalized spacial score (nSPS) is 14.3. The molecule has 1 aliphatic heterocycles. The Morgan fingerprint density at radius 2 is 1.96 bits per heavy atom. The standard InChI is InChI=1S/C18H25ClN4O2/c1-3-22(4-2)12-11-20-17(24)13-23-18(25)10-9-16(21-23)14-5-7-15(19)8-6-14/h5-9,21H,3-4,10-13H2,1-2H3,(H,20,24)/p+1. The molecule has 0 bridgehead atoms. The van der Waals surface area contributed by atoms with E-state index in [0.29, 0.717) is 11.6 Å². The van der Waals surface area contributed by atoms with Crippen molar-refractivity contribution < 1.29 is 14.5 Å². The van der Waals surface area contributed by atoms with Crippen LogP contribution in [0.3, 0.4) is 0 Å². The first kappa shape index (κ1) is 19.3. The molecule has 0 aliphatic carbocycles. The molecule has 0 atom stereocenters. The van der Waals surface area contributed by atoms with Crippen molar-refractivity contribution >= 4 is 29.1 Å². The second kappa shape index (κ2) is 9.44. The van der Waals surface area contributed by atoms with Crippen molar-refractivity contribution in [2.45, 2.75) is 20.3 Å². The Morgan fingerprint density at radius 1 is 1.28 bits per heavy atom. The van der Waals surface area contributed by atoms with Crippen LogP contribution in [-0.2, 0) is 9.59 Å². The number of hydrogen-bond acceptors (Lipinski definition) is 3. The summed E-state index contributed by atoms with van der Waals surface area (Å²) in [6, 6.07) is 7.34. The third kappa shape index (κ3) is 5.76. The van der Waals surface area contributed by atoms with Gasteiger partial charge in [0.2, 0.25) is 11.8 Å². The molecule has 2 amide bonds. The van der Waals surface area contributed by atoms with Crippen LogP contribution < -0.4 is 15.6 Å². The van der Waals surface area contributed by atoms with Crippen molar-refractivity contribution in [1.82, 2.24) is 15.8 Å². The Hall–Kier alpha value is -2.05. The minimum atomic E-state index is -0.162. The van der Waals surface area contributed by atoms with Crippen LogP contribution in [-0.4, -0.2) is 49.5 Å². The summed E-state index contributed by atoms with van der Waals surface area (Å²) >= 11 is 5.90. The van der Waals surface area contributed by atoms with Crippen LogP contribution in [0.2, 0.25) is 5.02 Å². The number of quaternary nitrogens is 1. The van der Waals surface area contributed by atoms with E-state index in [4.69, 9.17) is 11.6 Å². The number of carbonyl (C=O) groups is 2. The fourth-order valence-corrected chi connectivity index (χ4v) is 2.80. The van der Waals surface area contributed by atoms with E-state index >= 15 is 0 Å². The monoisotopic (exact) mass is 365 g/mol. The van der Waals surface area contributed by atoms with Crippen LogP contribution in [0, 0.1) is 0 Å². The summed E-state index contributed by atoms with van der Waals surface area (Å²) < 4.78 is 0. The molecule has 0 saturated carbocycles. The fourth-order valence-electron chi connectivity index (χ4n) is 2.67. The number of carbonyl (C=O) groups excluding carboxylic acids is 2. The zero-order valence-corrected chi connectivity index (χ0v) is 15.5. The predicted molar refractivity (Wildman–Crippen MR) is 98.8 cm³/mol. The van der Waals surface area contributed by atoms with Gasteiger partial charge in [-0.25, -0.2) is 5.01 Å². The Bertz CT molecular complexity index is 626. The van der Waals surface area contributed by atoms with Crippen LogP contribution >= 0.6 is 11.6 Å². The van der Waals surface area contributed by atoms with Gasteiger partial charge in [-0.15, -0.1) is 0 Å². The molecular formula is C18H26ClN4O2+. The van der Waals surface area contributed by atoms with Crippen molar-refractivity contribution in [3.8, 4) is 0 Å². The number of halogens is 1. The zero-order valence-electron chi connectivity index (χ0n) is 14.8. The highest BCUT2D eigenvalue weighted by Crippen LogP contribution is 2.19. The zero-order chi connectivity index (χ0) is 18.2. The van der Waals surface area contributed by atoms with Crippen molar-refractivity contribution in [2.75, 3.05) is 32.7 Å². The van der Waals surface area contributed by atoms with Crippen LogP contribution in [0.1, 0.15) is 25.8 Å². The lowest BCUT2D eigenvalue weighted by atomic mass is 10.1. The van der Waals surface area contributed by atoms with E-state index in [0.717, 1.165) is 30.9 Å². The number of hydrogen-bond donors (Lipinski definition) is 3. The van der Waals surface area contributed by atoms with Gasteiger partial charge >= 0.3 is 0 Å². The van der Waals surface area contributed by atoms with Crippen molar-refractivity contribution in [3.05, 3.63) is 40.9 Å². The average Bonchev–Trinajstić information content (AvgIpc) is 2.61. The number of nitrogens with one attached hydrogen (secondary N) is 3. The van der Waals surface area contributed by atoms with Crippen LogP contribution in [0.4, 0.5) is 0 Å². The quantitative estimate of drug-likeness (QED) is 0.627. The van der Waals surface area contributed by atoms with Gasteiger partial charge in [0.1, 0.15) is 6.54 Å². The number of likely N-dealkylation sites (N-methyl/N-ethyl adjacent to an activating group) is 1. The SMILES string of the molecule is CC[NH+](CC)CCNC(=O)CN1NC(c2ccc(Cl)cc2)=CCC1=O. The van der Waals surface area contributed by atoms with Gasteiger partial charge < -0.3 is 10.2 Å². The van der Waals surface area contributed by atoms with Crippen molar-refractivity contribution in [3.63, 3.8) is 0 Å². The molecule has 0 aromatic heterocycles. The summed E-state index contributed by atoms with van der Waals surface area (Å²) in [7, 11) is 0. The van der Waals surface area contributed by atoms with Gasteiger partial charge in [-0.3, -0.25) is 15.0 Å². The molecule has 136 valence electrons. The van der Waals surface area contributed by atoms with E-state index in [1.807, 2.05) is 18.2 Å². The van der Waals surface area contributed by atoms with Gasteiger partial charge in [0, 0.05) is 11.4 Å². The van der Waals surface area contributed by atoms with Gasteiger partial charge in [0.05, 0.1) is 31.9 Å². The molecule has 1 aromatic carbocycles. The molecule has 0 spiro atoms. The molecule has 1 heterocycles. The van der Waals surface area contributed by atoms with E-state index in [-0.39, 0.29) is 24.8 Å². The summed E-state index contributed by atoms with van der Waals surface area (Å²) in [5.74, 6) is -0.285. The molecule has 1 aromatic rings. The minimum Gasteiger partial charge on any atom is -0.349 e. The minimum absolute atomic E-state index is 0.00263. The maximum Gasteiger partial charge on any atom is 0.245 e. The van der Waals surface area contributed by atoms with E-state index < -0.39 is 0 Å². The highest BCUT2D eigenvalue weighted by Gasteiger charge is 2.22. The Kier molecular flexibility index (Phi) is 7.28. The maximum atomic E-state index is 12.1. The topological polar surface area (TPSA) is 65.9 Å². The highest BCUT2D eigenvalue weighted by atomic mass is 35.5. The lowest BCUT2D eigenvalue weighted by Crippen LogP contribution is -3.12. The average molecular weight is 366 g/mol. The number of benzene rings is 1. The Labute approximate surface area is 153 Å². The van der Waals surface area contributed by atoms with Gasteiger partial charge in [0.25, 0.3) is 0 Å². The Balaban J connectivity index is 1.87. The first-order valence-electron chi connectivity index (χ1n) is 8.66. The van der Waals surface area contributed by atoms with Gasteiger partial charge in [-0.1, -0.05) is 23.7 Å². The van der Waals surface area contributed by atoms with Gasteiger partial charge in [0.15, 0.2) is 0 Å². The summed E-state index contributed by atoms with van der Waals surface area (Å²) in [5.41, 5.74) is 4.75. The molecular weight excluding hydrogens is 340 g/mol. The van der Waals surface area contributed by atoms with E-state index in [1.54, 1.807) is 12.1 Å². The molecule has 0 fully saturated rings. The molecule has 1 aliphatic rings. The van der Waals surface area contributed by atoms with E-state index in [2.05, 4.69) is 24.6 Å². The molecule has 7 heteroatoms. The summed E-state index contributed by atoms with van der Waals surface area (Å²) in [4.78, 5) is 25.6. The van der Waals surface area contributed by atoms with Gasteiger partial charge in [-0.2, -0.15) is 0 Å². The second-order valence-electron chi connectivity index (χ2n) is 5.98. The smallest absolute Gasteiger partial charge is 0.245 e. The lowest BCUT2D eigenvalue weighted by molar-refractivity contribution is -0.895. The molecule has 0 unspecified atom stereocenters. The van der Waals surface area contributed by atoms with Gasteiger partial charge in [-0.05, 0) is 37.6 Å². The number of hydrazine groups is 1. The maximum absolute atomic E-state index is 12.1.